The number of aromatic nitrogens is 1. The van der Waals surface area contributed by atoms with E-state index in [1.54, 1.807) is 0 Å². The first-order valence-electron chi connectivity index (χ1n) is 13.0. The third-order valence-corrected chi connectivity index (χ3v) is 6.37. The Morgan fingerprint density at radius 1 is 0.882 bits per heavy atom. The van der Waals surface area contributed by atoms with Crippen LogP contribution in [0, 0.1) is 6.92 Å². The summed E-state index contributed by atoms with van der Waals surface area (Å²) >= 11 is 0. The molecule has 3 aromatic rings. The lowest BCUT2D eigenvalue weighted by molar-refractivity contribution is 0.221. The molecule has 3 heteroatoms. The molecule has 34 heavy (non-hydrogen) atoms. The molecule has 0 saturated carbocycles. The molecule has 0 spiro atoms. The summed E-state index contributed by atoms with van der Waals surface area (Å²) in [7, 11) is 0. The highest BCUT2D eigenvalue weighted by atomic mass is 16.5. The number of rotatable bonds is 12. The first-order valence-corrected chi connectivity index (χ1v) is 13.0. The molecule has 0 aliphatic heterocycles. The predicted octanol–water partition coefficient (Wildman–Crippen LogP) is 7.77. The van der Waals surface area contributed by atoms with Crippen LogP contribution < -0.4 is 4.74 Å². The van der Waals surface area contributed by atoms with Crippen LogP contribution in [0.5, 0.6) is 5.75 Å². The Labute approximate surface area is 207 Å². The maximum absolute atomic E-state index is 6.42. The topological polar surface area (TPSA) is 25.4 Å². The van der Waals surface area contributed by atoms with Crippen LogP contribution in [0.2, 0.25) is 0 Å². The molecule has 0 saturated heterocycles. The minimum atomic E-state index is 0.110. The number of hydrogen-bond acceptors (Lipinski definition) is 3. The molecule has 0 fully saturated rings. The molecule has 0 N–H and O–H groups in total. The van der Waals surface area contributed by atoms with Crippen LogP contribution >= 0.6 is 0 Å². The van der Waals surface area contributed by atoms with Gasteiger partial charge in [0.05, 0.1) is 11.8 Å². The highest BCUT2D eigenvalue weighted by Crippen LogP contribution is 2.34. The third-order valence-electron chi connectivity index (χ3n) is 6.37. The van der Waals surface area contributed by atoms with Crippen LogP contribution in [-0.4, -0.2) is 22.5 Å². The lowest BCUT2D eigenvalue weighted by Crippen LogP contribution is -2.25. The number of unbranched alkanes of at least 4 members (excludes halogenated alkanes) is 1. The maximum atomic E-state index is 6.42. The fourth-order valence-electron chi connectivity index (χ4n) is 4.58. The summed E-state index contributed by atoms with van der Waals surface area (Å²) in [5.74, 6) is 0.972. The summed E-state index contributed by atoms with van der Waals surface area (Å²) < 4.78 is 6.42. The van der Waals surface area contributed by atoms with Crippen LogP contribution in [0.15, 0.2) is 54.6 Å². The van der Waals surface area contributed by atoms with Crippen molar-refractivity contribution in [3.8, 4) is 17.0 Å². The van der Waals surface area contributed by atoms with Gasteiger partial charge in [0.2, 0.25) is 0 Å². The molecule has 0 radical (unpaired) electrons. The molecule has 3 rings (SSSR count). The van der Waals surface area contributed by atoms with E-state index < -0.39 is 0 Å². The predicted molar refractivity (Wildman–Crippen MR) is 144 cm³/mol. The van der Waals surface area contributed by atoms with Crippen molar-refractivity contribution in [1.82, 2.24) is 9.88 Å². The number of ether oxygens (including phenoxy) is 1. The van der Waals surface area contributed by atoms with E-state index in [0.29, 0.717) is 0 Å². The zero-order valence-electron chi connectivity index (χ0n) is 22.0. The Hall–Kier alpha value is -2.65. The smallest absolute Gasteiger partial charge is 0.128 e. The third kappa shape index (κ3) is 6.70. The normalized spacial score (nSPS) is 11.4. The fraction of sp³-hybridized carbons (Fsp3) is 0.452. The van der Waals surface area contributed by atoms with Gasteiger partial charge in [0.25, 0.3) is 0 Å². The SMILES string of the molecule is CCCCN(Cc1ccccc1)Cc1c(OC(C)C)cc(-c2c(CC)cccc2CC)nc1C. The van der Waals surface area contributed by atoms with Gasteiger partial charge in [-0.2, -0.15) is 0 Å². The molecule has 182 valence electrons. The van der Waals surface area contributed by atoms with Crippen LogP contribution in [0.1, 0.15) is 75.4 Å². The summed E-state index contributed by atoms with van der Waals surface area (Å²) in [5, 5.41) is 0. The highest BCUT2D eigenvalue weighted by Gasteiger charge is 2.19. The number of aryl methyl sites for hydroxylation is 3. The summed E-state index contributed by atoms with van der Waals surface area (Å²) in [4.78, 5) is 7.70. The average Bonchev–Trinajstić information content (AvgIpc) is 2.83. The van der Waals surface area contributed by atoms with Crippen molar-refractivity contribution in [2.45, 2.75) is 86.4 Å². The van der Waals surface area contributed by atoms with Crippen LogP contribution in [-0.2, 0) is 25.9 Å². The van der Waals surface area contributed by atoms with E-state index in [1.165, 1.54) is 40.7 Å². The Kier molecular flexibility index (Phi) is 9.71. The Morgan fingerprint density at radius 2 is 1.56 bits per heavy atom. The van der Waals surface area contributed by atoms with Gasteiger partial charge in [-0.1, -0.05) is 75.7 Å². The van der Waals surface area contributed by atoms with Crippen molar-refractivity contribution in [3.05, 3.63) is 82.5 Å². The molecule has 0 aliphatic carbocycles. The zero-order chi connectivity index (χ0) is 24.5. The molecule has 0 amide bonds. The van der Waals surface area contributed by atoms with E-state index in [-0.39, 0.29) is 6.10 Å². The van der Waals surface area contributed by atoms with E-state index in [9.17, 15) is 0 Å². The van der Waals surface area contributed by atoms with Gasteiger partial charge < -0.3 is 4.74 Å². The molecule has 0 aliphatic rings. The molecule has 2 aromatic carbocycles. The van der Waals surface area contributed by atoms with Crippen molar-refractivity contribution in [1.29, 1.82) is 0 Å². The highest BCUT2D eigenvalue weighted by molar-refractivity contribution is 5.70. The monoisotopic (exact) mass is 458 g/mol. The van der Waals surface area contributed by atoms with Crippen LogP contribution in [0.3, 0.4) is 0 Å². The average molecular weight is 459 g/mol. The van der Waals surface area contributed by atoms with Gasteiger partial charge in [-0.3, -0.25) is 9.88 Å². The molecular formula is C31H42N2O. The van der Waals surface area contributed by atoms with Gasteiger partial charge in [0, 0.05) is 36.0 Å². The van der Waals surface area contributed by atoms with Gasteiger partial charge in [0.1, 0.15) is 5.75 Å². The second kappa shape index (κ2) is 12.7. The molecular weight excluding hydrogens is 416 g/mol. The van der Waals surface area contributed by atoms with E-state index in [4.69, 9.17) is 9.72 Å². The Bertz CT molecular complexity index is 1020. The maximum Gasteiger partial charge on any atom is 0.128 e. The van der Waals surface area contributed by atoms with Crippen LogP contribution in [0.4, 0.5) is 0 Å². The van der Waals surface area contributed by atoms with E-state index in [0.717, 1.165) is 49.6 Å². The van der Waals surface area contributed by atoms with Crippen molar-refractivity contribution >= 4 is 0 Å². The molecule has 0 unspecified atom stereocenters. The van der Waals surface area contributed by atoms with Crippen molar-refractivity contribution in [3.63, 3.8) is 0 Å². The van der Waals surface area contributed by atoms with E-state index in [1.807, 2.05) is 0 Å². The summed E-state index contributed by atoms with van der Waals surface area (Å²) in [5.41, 5.74) is 8.63. The van der Waals surface area contributed by atoms with Gasteiger partial charge in [-0.15, -0.1) is 0 Å². The fourth-order valence-corrected chi connectivity index (χ4v) is 4.58. The Balaban J connectivity index is 2.03. The minimum absolute atomic E-state index is 0.110. The van der Waals surface area contributed by atoms with Gasteiger partial charge in [-0.25, -0.2) is 0 Å². The quantitative estimate of drug-likeness (QED) is 0.277. The minimum Gasteiger partial charge on any atom is -0.491 e. The van der Waals surface area contributed by atoms with Crippen molar-refractivity contribution < 1.29 is 4.74 Å². The summed E-state index contributed by atoms with van der Waals surface area (Å²) in [6.45, 7) is 15.9. The van der Waals surface area contributed by atoms with Crippen molar-refractivity contribution in [2.24, 2.45) is 0 Å². The van der Waals surface area contributed by atoms with E-state index in [2.05, 4.69) is 101 Å². The van der Waals surface area contributed by atoms with Gasteiger partial charge in [-0.05, 0) is 63.3 Å². The molecule has 3 nitrogen and oxygen atoms in total. The first kappa shape index (κ1) is 26.0. The lowest BCUT2D eigenvalue weighted by Gasteiger charge is -2.26. The van der Waals surface area contributed by atoms with Crippen molar-refractivity contribution in [2.75, 3.05) is 6.54 Å². The Morgan fingerprint density at radius 3 is 2.15 bits per heavy atom. The molecule has 1 aromatic heterocycles. The lowest BCUT2D eigenvalue weighted by atomic mass is 9.94. The molecule has 1 heterocycles. The van der Waals surface area contributed by atoms with Gasteiger partial charge >= 0.3 is 0 Å². The summed E-state index contributed by atoms with van der Waals surface area (Å²) in [6, 6.07) is 19.6. The zero-order valence-corrected chi connectivity index (χ0v) is 22.0. The standard InChI is InChI=1S/C31H42N2O/c1-7-10-19-33(21-25-15-12-11-13-16-25)22-28-24(6)32-29(20-30(28)34-23(4)5)31-26(8-2)17-14-18-27(31)9-3/h11-18,20,23H,7-10,19,21-22H2,1-6H3. The molecule has 0 bridgehead atoms. The number of hydrogen-bond donors (Lipinski definition) is 0. The first-order chi connectivity index (χ1) is 16.5. The second-order valence-electron chi connectivity index (χ2n) is 9.44. The summed E-state index contributed by atoms with van der Waals surface area (Å²) in [6.07, 6.45) is 4.46. The largest absolute Gasteiger partial charge is 0.491 e. The van der Waals surface area contributed by atoms with E-state index >= 15 is 0 Å². The number of pyridine rings is 1. The number of nitrogens with zero attached hydrogens (tertiary/aromatic N) is 2. The second-order valence-corrected chi connectivity index (χ2v) is 9.44. The van der Waals surface area contributed by atoms with Gasteiger partial charge in [0.15, 0.2) is 0 Å². The number of benzene rings is 2. The van der Waals surface area contributed by atoms with Crippen LogP contribution in [0.25, 0.3) is 11.3 Å². The molecule has 0 atom stereocenters.